The quantitative estimate of drug-likeness (QED) is 0.821. The average molecular weight is 332 g/mol. The highest BCUT2D eigenvalue weighted by molar-refractivity contribution is 5.94. The van der Waals surface area contributed by atoms with Gasteiger partial charge < -0.3 is 14.8 Å². The van der Waals surface area contributed by atoms with Crippen LogP contribution in [0.4, 0.5) is 4.39 Å². The lowest BCUT2D eigenvalue weighted by molar-refractivity contribution is 0.0599. The van der Waals surface area contributed by atoms with Gasteiger partial charge in [-0.1, -0.05) is 0 Å². The average Bonchev–Trinajstić information content (AvgIpc) is 2.60. The van der Waals surface area contributed by atoms with Gasteiger partial charge >= 0.3 is 5.97 Å². The fourth-order valence-corrected chi connectivity index (χ4v) is 1.86. The van der Waals surface area contributed by atoms with Crippen LogP contribution in [0.2, 0.25) is 0 Å². The van der Waals surface area contributed by atoms with Crippen LogP contribution in [-0.4, -0.2) is 36.6 Å². The molecule has 0 saturated carbocycles. The molecule has 7 heteroatoms. The molecule has 0 aliphatic heterocycles. The molecule has 1 heterocycles. The van der Waals surface area contributed by atoms with Gasteiger partial charge in [-0.25, -0.2) is 9.18 Å². The molecule has 2 rings (SSSR count). The molecule has 126 valence electrons. The molecule has 0 bridgehead atoms. The summed E-state index contributed by atoms with van der Waals surface area (Å²) in [6, 6.07) is 8.23. The topological polar surface area (TPSA) is 77.5 Å². The Morgan fingerprint density at radius 3 is 2.50 bits per heavy atom. The third-order valence-electron chi connectivity index (χ3n) is 3.11. The molecule has 1 amide bonds. The predicted molar refractivity (Wildman–Crippen MR) is 84.4 cm³/mol. The molecule has 1 N–H and O–H groups in total. The first kappa shape index (κ1) is 17.4. The first-order chi connectivity index (χ1) is 11.5. The number of rotatable bonds is 6. The molecule has 6 nitrogen and oxygen atoms in total. The number of nitrogens with one attached hydrogen (secondary N) is 1. The first-order valence-corrected chi connectivity index (χ1v) is 7.23. The molecular formula is C17H17FN2O4. The van der Waals surface area contributed by atoms with Gasteiger partial charge in [0.2, 0.25) is 0 Å². The summed E-state index contributed by atoms with van der Waals surface area (Å²) < 4.78 is 22.8. The van der Waals surface area contributed by atoms with Gasteiger partial charge in [-0.05, 0) is 43.3 Å². The molecule has 0 spiro atoms. The van der Waals surface area contributed by atoms with E-state index in [-0.39, 0.29) is 35.6 Å². The van der Waals surface area contributed by atoms with Crippen molar-refractivity contribution in [1.82, 2.24) is 10.3 Å². The highest BCUT2D eigenvalue weighted by Gasteiger charge is 2.13. The van der Waals surface area contributed by atoms with Gasteiger partial charge in [0.1, 0.15) is 23.9 Å². The zero-order chi connectivity index (χ0) is 17.5. The molecule has 0 aliphatic carbocycles. The molecule has 0 radical (unpaired) electrons. The minimum atomic E-state index is -0.518. The smallest absolute Gasteiger partial charge is 0.339 e. The minimum Gasteiger partial charge on any atom is -0.491 e. The number of hydrogen-bond acceptors (Lipinski definition) is 5. The van der Waals surface area contributed by atoms with E-state index in [0.717, 1.165) is 0 Å². The SMILES string of the molecule is COC(=O)c1ccc(C(=O)NC(C)COc2ccc(F)cc2)nc1. The lowest BCUT2D eigenvalue weighted by atomic mass is 10.2. The van der Waals surface area contributed by atoms with E-state index in [1.807, 2.05) is 0 Å². The largest absolute Gasteiger partial charge is 0.491 e. The molecule has 0 saturated heterocycles. The number of methoxy groups -OCH3 is 1. The fraction of sp³-hybridized carbons (Fsp3) is 0.235. The number of amides is 1. The number of benzene rings is 1. The van der Waals surface area contributed by atoms with Gasteiger partial charge in [0.25, 0.3) is 5.91 Å². The van der Waals surface area contributed by atoms with Crippen LogP contribution >= 0.6 is 0 Å². The molecule has 1 aromatic heterocycles. The van der Waals surface area contributed by atoms with Crippen LogP contribution in [0.15, 0.2) is 42.6 Å². The van der Waals surface area contributed by atoms with Crippen molar-refractivity contribution >= 4 is 11.9 Å². The fourth-order valence-electron chi connectivity index (χ4n) is 1.86. The van der Waals surface area contributed by atoms with Gasteiger partial charge in [0, 0.05) is 6.20 Å². The molecule has 0 fully saturated rings. The summed E-state index contributed by atoms with van der Waals surface area (Å²) in [5.74, 6) is -0.736. The zero-order valence-corrected chi connectivity index (χ0v) is 13.3. The Morgan fingerprint density at radius 2 is 1.92 bits per heavy atom. The molecule has 0 aliphatic rings. The maximum atomic E-state index is 12.8. The Morgan fingerprint density at radius 1 is 1.21 bits per heavy atom. The second-order valence-corrected chi connectivity index (χ2v) is 5.06. The Labute approximate surface area is 138 Å². The van der Waals surface area contributed by atoms with Gasteiger partial charge in [-0.3, -0.25) is 9.78 Å². The van der Waals surface area contributed by atoms with Gasteiger partial charge in [0.05, 0.1) is 18.7 Å². The summed E-state index contributed by atoms with van der Waals surface area (Å²) in [5, 5.41) is 2.72. The van der Waals surface area contributed by atoms with E-state index in [9.17, 15) is 14.0 Å². The number of esters is 1. The number of aromatic nitrogens is 1. The van der Waals surface area contributed by atoms with Crippen molar-refractivity contribution in [1.29, 1.82) is 0 Å². The van der Waals surface area contributed by atoms with E-state index >= 15 is 0 Å². The summed E-state index contributed by atoms with van der Waals surface area (Å²) in [7, 11) is 1.27. The normalized spacial score (nSPS) is 11.5. The molecular weight excluding hydrogens is 315 g/mol. The molecule has 1 unspecified atom stereocenters. The van der Waals surface area contributed by atoms with Crippen molar-refractivity contribution in [3.05, 3.63) is 59.7 Å². The highest BCUT2D eigenvalue weighted by Crippen LogP contribution is 2.11. The maximum Gasteiger partial charge on any atom is 0.339 e. The third-order valence-corrected chi connectivity index (χ3v) is 3.11. The second kappa shape index (κ2) is 8.05. The van der Waals surface area contributed by atoms with E-state index < -0.39 is 5.97 Å². The van der Waals surface area contributed by atoms with Gasteiger partial charge in [-0.15, -0.1) is 0 Å². The molecule has 1 atom stereocenters. The van der Waals surface area contributed by atoms with Crippen LogP contribution < -0.4 is 10.1 Å². The van der Waals surface area contributed by atoms with E-state index in [1.54, 1.807) is 6.92 Å². The van der Waals surface area contributed by atoms with Crippen LogP contribution in [0.1, 0.15) is 27.8 Å². The van der Waals surface area contributed by atoms with Crippen molar-refractivity contribution in [3.63, 3.8) is 0 Å². The van der Waals surface area contributed by atoms with Crippen LogP contribution in [0, 0.1) is 5.82 Å². The third kappa shape index (κ3) is 4.77. The van der Waals surface area contributed by atoms with Crippen molar-refractivity contribution < 1.29 is 23.5 Å². The van der Waals surface area contributed by atoms with Crippen LogP contribution in [0.5, 0.6) is 5.75 Å². The second-order valence-electron chi connectivity index (χ2n) is 5.06. The van der Waals surface area contributed by atoms with Crippen LogP contribution in [-0.2, 0) is 4.74 Å². The van der Waals surface area contributed by atoms with E-state index in [2.05, 4.69) is 15.0 Å². The molecule has 24 heavy (non-hydrogen) atoms. The van der Waals surface area contributed by atoms with E-state index in [4.69, 9.17) is 4.74 Å². The standard InChI is InChI=1S/C17H17FN2O4/c1-11(10-24-14-6-4-13(18)5-7-14)20-16(21)15-8-3-12(9-19-15)17(22)23-2/h3-9,11H,10H2,1-2H3,(H,20,21). The van der Waals surface area contributed by atoms with Crippen molar-refractivity contribution in [2.24, 2.45) is 0 Å². The maximum absolute atomic E-state index is 12.8. The Kier molecular flexibility index (Phi) is 5.83. The number of carbonyl (C=O) groups is 2. The number of nitrogens with zero attached hydrogens (tertiary/aromatic N) is 1. The Balaban J connectivity index is 1.86. The monoisotopic (exact) mass is 332 g/mol. The van der Waals surface area contributed by atoms with Gasteiger partial charge in [0.15, 0.2) is 0 Å². The first-order valence-electron chi connectivity index (χ1n) is 7.23. The number of ether oxygens (including phenoxy) is 2. The predicted octanol–water partition coefficient (Wildman–Crippen LogP) is 2.20. The summed E-state index contributed by atoms with van der Waals surface area (Å²) >= 11 is 0. The number of carbonyl (C=O) groups excluding carboxylic acids is 2. The molecule has 2 aromatic rings. The number of halogens is 1. The van der Waals surface area contributed by atoms with Crippen molar-refractivity contribution in [2.75, 3.05) is 13.7 Å². The van der Waals surface area contributed by atoms with Crippen molar-refractivity contribution in [3.8, 4) is 5.75 Å². The van der Waals surface area contributed by atoms with Gasteiger partial charge in [-0.2, -0.15) is 0 Å². The summed E-state index contributed by atoms with van der Waals surface area (Å²) in [6.45, 7) is 1.99. The van der Waals surface area contributed by atoms with Crippen molar-refractivity contribution in [2.45, 2.75) is 13.0 Å². The lowest BCUT2D eigenvalue weighted by Gasteiger charge is -2.15. The van der Waals surface area contributed by atoms with Crippen LogP contribution in [0.3, 0.4) is 0 Å². The summed E-state index contributed by atoms with van der Waals surface area (Å²) in [6.07, 6.45) is 1.28. The highest BCUT2D eigenvalue weighted by atomic mass is 19.1. The lowest BCUT2D eigenvalue weighted by Crippen LogP contribution is -2.37. The van der Waals surface area contributed by atoms with Crippen LogP contribution in [0.25, 0.3) is 0 Å². The van der Waals surface area contributed by atoms with E-state index in [1.165, 1.54) is 49.7 Å². The summed E-state index contributed by atoms with van der Waals surface area (Å²) in [4.78, 5) is 27.3. The Bertz CT molecular complexity index is 702. The minimum absolute atomic E-state index is 0.177. The molecule has 1 aromatic carbocycles. The number of pyridine rings is 1. The summed E-state index contributed by atoms with van der Waals surface area (Å²) in [5.41, 5.74) is 0.443. The Hall–Kier alpha value is -2.96. The number of hydrogen-bond donors (Lipinski definition) is 1. The van der Waals surface area contributed by atoms with E-state index in [0.29, 0.717) is 5.75 Å². The zero-order valence-electron chi connectivity index (χ0n) is 13.3.